The van der Waals surface area contributed by atoms with Crippen molar-refractivity contribution in [2.24, 2.45) is 0 Å². The van der Waals surface area contributed by atoms with Gasteiger partial charge >= 0.3 is 6.18 Å². The van der Waals surface area contributed by atoms with Gasteiger partial charge in [-0.25, -0.2) is 12.8 Å². The summed E-state index contributed by atoms with van der Waals surface area (Å²) < 4.78 is 84.0. The van der Waals surface area contributed by atoms with Crippen LogP contribution in [0.5, 0.6) is 5.75 Å². The summed E-state index contributed by atoms with van der Waals surface area (Å²) in [7, 11) is -4.06. The van der Waals surface area contributed by atoms with Gasteiger partial charge in [-0.05, 0) is 60.7 Å². The Morgan fingerprint density at radius 2 is 1.62 bits per heavy atom. The van der Waals surface area contributed by atoms with Gasteiger partial charge in [0.1, 0.15) is 11.6 Å². The topological polar surface area (TPSA) is 84.5 Å². The van der Waals surface area contributed by atoms with Crippen molar-refractivity contribution < 1.29 is 35.5 Å². The molecule has 0 aliphatic carbocycles. The molecule has 0 unspecified atom stereocenters. The van der Waals surface area contributed by atoms with Gasteiger partial charge in [0.25, 0.3) is 15.9 Å². The van der Waals surface area contributed by atoms with E-state index in [-0.39, 0.29) is 32.1 Å². The molecule has 3 rings (SSSR count). The van der Waals surface area contributed by atoms with Crippen LogP contribution in [0, 0.1) is 5.82 Å². The number of benzene rings is 3. The fourth-order valence-corrected chi connectivity index (χ4v) is 4.17. The molecule has 0 radical (unpaired) electrons. The normalized spacial score (nSPS) is 11.7. The molecule has 0 saturated carbocycles. The van der Waals surface area contributed by atoms with E-state index in [9.17, 15) is 30.8 Å². The molecule has 0 fully saturated rings. The Morgan fingerprint density at radius 1 is 0.941 bits per heavy atom. The maximum Gasteiger partial charge on any atom is 0.416 e. The molecular weight excluding hydrogens is 523 g/mol. The number of carbonyl (C=O) groups is 1. The smallest absolute Gasteiger partial charge is 0.416 e. The summed E-state index contributed by atoms with van der Waals surface area (Å²) in [5, 5.41) is 1.95. The summed E-state index contributed by atoms with van der Waals surface area (Å²) in [6.07, 6.45) is -4.62. The molecule has 0 aliphatic heterocycles. The first kappa shape index (κ1) is 25.6. The molecule has 6 nitrogen and oxygen atoms in total. The summed E-state index contributed by atoms with van der Waals surface area (Å²) >= 11 is 11.9. The average Bonchev–Trinajstić information content (AvgIpc) is 2.75. The van der Waals surface area contributed by atoms with Crippen LogP contribution in [0.2, 0.25) is 10.0 Å². The van der Waals surface area contributed by atoms with E-state index in [1.54, 1.807) is 0 Å². The number of nitrogens with one attached hydrogen (secondary N) is 2. The molecule has 0 bridgehead atoms. The Hall–Kier alpha value is -3.02. The second-order valence-electron chi connectivity index (χ2n) is 6.73. The molecule has 0 aliphatic rings. The number of alkyl halides is 3. The van der Waals surface area contributed by atoms with E-state index in [1.807, 2.05) is 0 Å². The molecule has 3 aromatic rings. The summed E-state index contributed by atoms with van der Waals surface area (Å²) in [5.74, 6) is -1.41. The van der Waals surface area contributed by atoms with Crippen LogP contribution >= 0.6 is 23.2 Å². The number of amides is 1. The lowest BCUT2D eigenvalue weighted by Crippen LogP contribution is -2.21. The summed E-state index contributed by atoms with van der Waals surface area (Å²) in [5.41, 5.74) is -1.13. The Kier molecular flexibility index (Phi) is 7.59. The lowest BCUT2D eigenvalue weighted by atomic mass is 10.2. The minimum absolute atomic E-state index is 0.0484. The van der Waals surface area contributed by atoms with Crippen LogP contribution in [0.15, 0.2) is 65.6 Å². The third kappa shape index (κ3) is 6.52. The minimum Gasteiger partial charge on any atom is -0.482 e. The fourth-order valence-electron chi connectivity index (χ4n) is 2.62. The van der Waals surface area contributed by atoms with Gasteiger partial charge in [-0.2, -0.15) is 13.2 Å². The zero-order valence-electron chi connectivity index (χ0n) is 16.8. The number of carbonyl (C=O) groups excluding carboxylic acids is 1. The minimum atomic E-state index is -4.62. The van der Waals surface area contributed by atoms with Gasteiger partial charge in [-0.3, -0.25) is 9.52 Å². The number of ether oxygens (including phenoxy) is 1. The molecular formula is C21H14Cl2F4N2O4S. The SMILES string of the molecule is O=C(COc1ccc(S(=O)(=O)Nc2ccc(F)cc2)cc1Cl)Nc1cc(C(F)(F)F)ccc1Cl. The van der Waals surface area contributed by atoms with Crippen LogP contribution in [-0.2, 0) is 21.0 Å². The molecule has 1 amide bonds. The molecule has 0 heterocycles. The Labute approximate surface area is 201 Å². The predicted octanol–water partition coefficient (Wildman–Crippen LogP) is 5.97. The van der Waals surface area contributed by atoms with Crippen LogP contribution < -0.4 is 14.8 Å². The van der Waals surface area contributed by atoms with Crippen molar-refractivity contribution in [3.8, 4) is 5.75 Å². The van der Waals surface area contributed by atoms with E-state index in [1.165, 1.54) is 18.2 Å². The zero-order chi connectivity index (χ0) is 25.1. The van der Waals surface area contributed by atoms with Crippen molar-refractivity contribution >= 4 is 50.5 Å². The van der Waals surface area contributed by atoms with Gasteiger partial charge in [0.2, 0.25) is 0 Å². The van der Waals surface area contributed by atoms with Gasteiger partial charge in [-0.15, -0.1) is 0 Å². The van der Waals surface area contributed by atoms with Crippen LogP contribution in [0.3, 0.4) is 0 Å². The van der Waals surface area contributed by atoms with E-state index < -0.39 is 40.1 Å². The van der Waals surface area contributed by atoms with E-state index in [0.29, 0.717) is 6.07 Å². The van der Waals surface area contributed by atoms with E-state index >= 15 is 0 Å². The van der Waals surface area contributed by atoms with Gasteiger partial charge in [-0.1, -0.05) is 23.2 Å². The maximum atomic E-state index is 13.0. The number of sulfonamides is 1. The fraction of sp³-hybridized carbons (Fsp3) is 0.0952. The van der Waals surface area contributed by atoms with Crippen molar-refractivity contribution in [1.82, 2.24) is 0 Å². The van der Waals surface area contributed by atoms with E-state index in [0.717, 1.165) is 36.4 Å². The lowest BCUT2D eigenvalue weighted by molar-refractivity contribution is -0.137. The first-order chi connectivity index (χ1) is 15.8. The lowest BCUT2D eigenvalue weighted by Gasteiger charge is -2.13. The quantitative estimate of drug-likeness (QED) is 0.364. The second-order valence-corrected chi connectivity index (χ2v) is 9.23. The largest absolute Gasteiger partial charge is 0.482 e. The van der Waals surface area contributed by atoms with E-state index in [4.69, 9.17) is 27.9 Å². The van der Waals surface area contributed by atoms with Crippen LogP contribution in [0.4, 0.5) is 28.9 Å². The molecule has 0 atom stereocenters. The maximum absolute atomic E-state index is 13.0. The molecule has 34 heavy (non-hydrogen) atoms. The Morgan fingerprint density at radius 3 is 2.24 bits per heavy atom. The third-order valence-electron chi connectivity index (χ3n) is 4.24. The molecule has 180 valence electrons. The van der Waals surface area contributed by atoms with Crippen molar-refractivity contribution in [1.29, 1.82) is 0 Å². The average molecular weight is 537 g/mol. The first-order valence-corrected chi connectivity index (χ1v) is 11.5. The third-order valence-corrected chi connectivity index (χ3v) is 6.24. The predicted molar refractivity (Wildman–Crippen MR) is 119 cm³/mol. The molecule has 3 aromatic carbocycles. The van der Waals surface area contributed by atoms with Crippen molar-refractivity contribution in [3.05, 3.63) is 82.1 Å². The zero-order valence-corrected chi connectivity index (χ0v) is 19.1. The van der Waals surface area contributed by atoms with Crippen LogP contribution in [0.1, 0.15) is 5.56 Å². The number of hydrogen-bond acceptors (Lipinski definition) is 4. The second kappa shape index (κ2) is 10.1. The highest BCUT2D eigenvalue weighted by Gasteiger charge is 2.31. The van der Waals surface area contributed by atoms with Gasteiger partial charge in [0.05, 0.1) is 26.2 Å². The first-order valence-electron chi connectivity index (χ1n) is 9.22. The highest BCUT2D eigenvalue weighted by atomic mass is 35.5. The number of anilines is 2. The molecule has 13 heteroatoms. The van der Waals surface area contributed by atoms with Gasteiger partial charge < -0.3 is 10.1 Å². The molecule has 0 aromatic heterocycles. The summed E-state index contributed by atoms with van der Waals surface area (Å²) in [4.78, 5) is 11.9. The van der Waals surface area contributed by atoms with E-state index in [2.05, 4.69) is 10.0 Å². The Balaban J connectivity index is 1.66. The number of rotatable bonds is 7. The summed E-state index contributed by atoms with van der Waals surface area (Å²) in [6.45, 7) is -0.647. The highest BCUT2D eigenvalue weighted by Crippen LogP contribution is 2.34. The molecule has 2 N–H and O–H groups in total. The van der Waals surface area contributed by atoms with Crippen LogP contribution in [-0.4, -0.2) is 20.9 Å². The molecule has 0 saturated heterocycles. The molecule has 0 spiro atoms. The Bertz CT molecular complexity index is 1320. The van der Waals surface area contributed by atoms with Gasteiger partial charge in [0.15, 0.2) is 6.61 Å². The monoisotopic (exact) mass is 536 g/mol. The highest BCUT2D eigenvalue weighted by molar-refractivity contribution is 7.92. The summed E-state index contributed by atoms with van der Waals surface area (Å²) in [6, 6.07) is 10.5. The standard InChI is InChI=1S/C21H14Cl2F4N2O4S/c22-16-7-1-12(21(25,26)27)9-18(16)28-20(30)11-33-19-8-6-15(10-17(19)23)34(31,32)29-14-4-2-13(24)3-5-14/h1-10,29H,11H2,(H,28,30). The number of halogens is 6. The van der Waals surface area contributed by atoms with Crippen LogP contribution in [0.25, 0.3) is 0 Å². The van der Waals surface area contributed by atoms with Crippen molar-refractivity contribution in [2.75, 3.05) is 16.6 Å². The number of hydrogen-bond donors (Lipinski definition) is 2. The van der Waals surface area contributed by atoms with Crippen molar-refractivity contribution in [2.45, 2.75) is 11.1 Å². The van der Waals surface area contributed by atoms with Gasteiger partial charge in [0, 0.05) is 5.69 Å². The van der Waals surface area contributed by atoms with Crippen molar-refractivity contribution in [3.63, 3.8) is 0 Å².